The molecule has 0 heterocycles. The van der Waals surface area contributed by atoms with Crippen molar-refractivity contribution < 1.29 is 14.6 Å². The first-order valence-corrected chi connectivity index (χ1v) is 9.04. The molecule has 3 nitrogen and oxygen atoms in total. The first-order chi connectivity index (χ1) is 13.1. The van der Waals surface area contributed by atoms with Gasteiger partial charge in [0.2, 0.25) is 0 Å². The second-order valence-electron chi connectivity index (χ2n) is 6.63. The van der Waals surface area contributed by atoms with E-state index in [9.17, 15) is 5.11 Å². The molecule has 0 bridgehead atoms. The van der Waals surface area contributed by atoms with E-state index in [2.05, 4.69) is 68.4 Å². The Bertz CT molecular complexity index is 910. The zero-order valence-corrected chi connectivity index (χ0v) is 16.3. The van der Waals surface area contributed by atoms with Crippen molar-refractivity contribution in [3.8, 4) is 33.8 Å². The van der Waals surface area contributed by atoms with Crippen LogP contribution in [0, 0.1) is 19.9 Å². The summed E-state index contributed by atoms with van der Waals surface area (Å²) < 4.78 is 11.4. The summed E-state index contributed by atoms with van der Waals surface area (Å²) in [6, 6.07) is 20.2. The highest BCUT2D eigenvalue weighted by Crippen LogP contribution is 2.46. The molecule has 0 atom stereocenters. The standard InChI is InChI=1S/C24H25O3/c1-16-5-9-18(10-6-16)21-15-20(13-14-25)23(26-3)24(27-4)22(21)19-11-7-17(2)8-12-19/h5-12,25H,13-14H2,1-4H3. The van der Waals surface area contributed by atoms with Crippen molar-refractivity contribution >= 4 is 0 Å². The molecule has 139 valence electrons. The van der Waals surface area contributed by atoms with Gasteiger partial charge in [0.05, 0.1) is 14.2 Å². The minimum atomic E-state index is 0.0211. The molecular formula is C24H25O3. The van der Waals surface area contributed by atoms with Crippen LogP contribution in [0.25, 0.3) is 22.3 Å². The third-order valence-electron chi connectivity index (χ3n) is 4.68. The highest BCUT2D eigenvalue weighted by molar-refractivity contribution is 5.90. The maximum absolute atomic E-state index is 9.50. The fourth-order valence-electron chi connectivity index (χ4n) is 3.27. The van der Waals surface area contributed by atoms with Crippen LogP contribution in [0.15, 0.2) is 48.5 Å². The van der Waals surface area contributed by atoms with Crippen molar-refractivity contribution in [2.24, 2.45) is 0 Å². The van der Waals surface area contributed by atoms with Crippen LogP contribution in [0.4, 0.5) is 0 Å². The minimum Gasteiger partial charge on any atom is -0.493 e. The lowest BCUT2D eigenvalue weighted by Crippen LogP contribution is -2.03. The van der Waals surface area contributed by atoms with E-state index in [1.165, 1.54) is 11.1 Å². The van der Waals surface area contributed by atoms with Crippen LogP contribution >= 0.6 is 0 Å². The van der Waals surface area contributed by atoms with Gasteiger partial charge in [-0.25, -0.2) is 0 Å². The highest BCUT2D eigenvalue weighted by atomic mass is 16.5. The van der Waals surface area contributed by atoms with Crippen LogP contribution < -0.4 is 9.47 Å². The minimum absolute atomic E-state index is 0.0211. The Morgan fingerprint density at radius 1 is 0.778 bits per heavy atom. The Morgan fingerprint density at radius 2 is 1.30 bits per heavy atom. The normalized spacial score (nSPS) is 10.7. The van der Waals surface area contributed by atoms with Crippen molar-refractivity contribution in [1.82, 2.24) is 0 Å². The molecule has 0 fully saturated rings. The average molecular weight is 361 g/mol. The topological polar surface area (TPSA) is 38.7 Å². The van der Waals surface area contributed by atoms with Gasteiger partial charge in [-0.05, 0) is 37.5 Å². The zero-order chi connectivity index (χ0) is 19.4. The summed E-state index contributed by atoms with van der Waals surface area (Å²) >= 11 is 0. The third-order valence-corrected chi connectivity index (χ3v) is 4.68. The molecule has 3 heteroatoms. The molecule has 27 heavy (non-hydrogen) atoms. The Balaban J connectivity index is 2.35. The number of aliphatic hydroxyl groups excluding tert-OH is 1. The van der Waals surface area contributed by atoms with Gasteiger partial charge < -0.3 is 14.6 Å². The quantitative estimate of drug-likeness (QED) is 0.672. The van der Waals surface area contributed by atoms with Gasteiger partial charge in [0, 0.05) is 23.3 Å². The van der Waals surface area contributed by atoms with Gasteiger partial charge in [-0.1, -0.05) is 59.7 Å². The lowest BCUT2D eigenvalue weighted by molar-refractivity contribution is 0.294. The fourth-order valence-corrected chi connectivity index (χ4v) is 3.27. The predicted molar refractivity (Wildman–Crippen MR) is 110 cm³/mol. The fraction of sp³-hybridized carbons (Fsp3) is 0.250. The van der Waals surface area contributed by atoms with Crippen molar-refractivity contribution in [1.29, 1.82) is 0 Å². The maximum Gasteiger partial charge on any atom is 0.169 e. The van der Waals surface area contributed by atoms with Crippen LogP contribution in [-0.4, -0.2) is 25.9 Å². The summed E-state index contributed by atoms with van der Waals surface area (Å²) in [6.07, 6.45) is 0.451. The van der Waals surface area contributed by atoms with E-state index in [1.807, 2.05) is 0 Å². The highest BCUT2D eigenvalue weighted by Gasteiger charge is 2.22. The van der Waals surface area contributed by atoms with E-state index in [4.69, 9.17) is 9.47 Å². The number of hydrogen-bond donors (Lipinski definition) is 1. The molecule has 0 aliphatic carbocycles. The molecule has 3 aromatic carbocycles. The Kier molecular flexibility index (Phi) is 5.82. The van der Waals surface area contributed by atoms with Gasteiger partial charge >= 0.3 is 0 Å². The molecular weight excluding hydrogens is 336 g/mol. The van der Waals surface area contributed by atoms with E-state index in [1.54, 1.807) is 14.2 Å². The zero-order valence-electron chi connectivity index (χ0n) is 16.3. The van der Waals surface area contributed by atoms with Crippen molar-refractivity contribution in [2.75, 3.05) is 20.8 Å². The largest absolute Gasteiger partial charge is 0.493 e. The van der Waals surface area contributed by atoms with Gasteiger partial charge in [-0.15, -0.1) is 0 Å². The first-order valence-electron chi connectivity index (χ1n) is 9.04. The molecule has 3 rings (SSSR count). The molecule has 0 amide bonds. The van der Waals surface area contributed by atoms with Gasteiger partial charge in [-0.2, -0.15) is 0 Å². The Hall–Kier alpha value is -2.78. The number of ether oxygens (including phenoxy) is 2. The van der Waals surface area contributed by atoms with E-state index < -0.39 is 0 Å². The molecule has 0 aliphatic heterocycles. The summed E-state index contributed by atoms with van der Waals surface area (Å²) in [5.74, 6) is 1.29. The van der Waals surface area contributed by atoms with Crippen molar-refractivity contribution in [3.63, 3.8) is 0 Å². The molecule has 0 aliphatic rings. The SMILES string of the molecule is COc1c(CCO)[c]c(-c2ccc(C)cc2)c(-c2ccc(C)cc2)c1OC. The van der Waals surface area contributed by atoms with Crippen LogP contribution in [0.1, 0.15) is 16.7 Å². The lowest BCUT2D eigenvalue weighted by atomic mass is 9.90. The van der Waals surface area contributed by atoms with Gasteiger partial charge in [0.25, 0.3) is 0 Å². The molecule has 0 aromatic heterocycles. The van der Waals surface area contributed by atoms with Gasteiger partial charge in [0.1, 0.15) is 0 Å². The van der Waals surface area contributed by atoms with Crippen LogP contribution in [0.2, 0.25) is 0 Å². The van der Waals surface area contributed by atoms with Crippen LogP contribution in [-0.2, 0) is 6.42 Å². The van der Waals surface area contributed by atoms with E-state index >= 15 is 0 Å². The van der Waals surface area contributed by atoms with Gasteiger partial charge in [0.15, 0.2) is 11.5 Å². The maximum atomic E-state index is 9.50. The second kappa shape index (κ2) is 8.28. The summed E-state index contributed by atoms with van der Waals surface area (Å²) in [7, 11) is 3.27. The van der Waals surface area contributed by atoms with Crippen LogP contribution in [0.5, 0.6) is 11.5 Å². The molecule has 0 spiro atoms. The molecule has 0 unspecified atom stereocenters. The average Bonchev–Trinajstić information content (AvgIpc) is 2.68. The van der Waals surface area contributed by atoms with E-state index in [0.29, 0.717) is 17.9 Å². The van der Waals surface area contributed by atoms with E-state index in [-0.39, 0.29) is 6.61 Å². The summed E-state index contributed by atoms with van der Waals surface area (Å²) in [5, 5.41) is 9.50. The Labute approximate surface area is 161 Å². The van der Waals surface area contributed by atoms with E-state index in [0.717, 1.165) is 27.8 Å². The molecule has 1 radical (unpaired) electrons. The molecule has 1 N–H and O–H groups in total. The molecule has 0 saturated carbocycles. The van der Waals surface area contributed by atoms with Crippen molar-refractivity contribution in [2.45, 2.75) is 20.3 Å². The Morgan fingerprint density at radius 3 is 1.78 bits per heavy atom. The first kappa shape index (κ1) is 19.0. The summed E-state index contributed by atoms with van der Waals surface area (Å²) in [4.78, 5) is 0. The van der Waals surface area contributed by atoms with Gasteiger partial charge in [-0.3, -0.25) is 0 Å². The number of hydrogen-bond acceptors (Lipinski definition) is 3. The third kappa shape index (κ3) is 3.83. The number of rotatable bonds is 6. The van der Waals surface area contributed by atoms with Crippen LogP contribution in [0.3, 0.4) is 0 Å². The van der Waals surface area contributed by atoms with Crippen molar-refractivity contribution in [3.05, 3.63) is 71.3 Å². The molecule has 0 saturated heterocycles. The lowest BCUT2D eigenvalue weighted by Gasteiger charge is -2.20. The summed E-state index contributed by atoms with van der Waals surface area (Å²) in [6.45, 7) is 4.16. The number of benzene rings is 3. The second-order valence-corrected chi connectivity index (χ2v) is 6.63. The smallest absolute Gasteiger partial charge is 0.169 e. The molecule has 3 aromatic rings. The number of aliphatic hydroxyl groups is 1. The summed E-state index contributed by atoms with van der Waals surface area (Å²) in [5.41, 5.74) is 7.19. The predicted octanol–water partition coefficient (Wildman–Crippen LogP) is 4.99. The monoisotopic (exact) mass is 361 g/mol. The number of aryl methyl sites for hydroxylation is 2. The number of methoxy groups -OCH3 is 2.